The number of halogens is 1. The van der Waals surface area contributed by atoms with E-state index in [4.69, 9.17) is 4.74 Å². The second-order valence-corrected chi connectivity index (χ2v) is 7.55. The van der Waals surface area contributed by atoms with Gasteiger partial charge in [0.1, 0.15) is 27.4 Å². The van der Waals surface area contributed by atoms with Gasteiger partial charge in [-0.2, -0.15) is 0 Å². The summed E-state index contributed by atoms with van der Waals surface area (Å²) >= 11 is 3.28. The molecule has 0 aliphatic heterocycles. The fourth-order valence-corrected chi connectivity index (χ4v) is 4.86. The highest BCUT2D eigenvalue weighted by atomic mass is 79.9. The number of methoxy groups -OCH3 is 1. The number of rotatable bonds is 2. The van der Waals surface area contributed by atoms with Crippen molar-refractivity contribution in [3.8, 4) is 28.7 Å². The predicted molar refractivity (Wildman–Crippen MR) is 118 cm³/mol. The molecule has 0 aliphatic rings. The van der Waals surface area contributed by atoms with Gasteiger partial charge in [-0.25, -0.2) is 0 Å². The average Bonchev–Trinajstić information content (AvgIpc) is 2.74. The van der Waals surface area contributed by atoms with E-state index < -0.39 is 0 Å². The third-order valence-corrected chi connectivity index (χ3v) is 6.18. The lowest BCUT2D eigenvalue weighted by atomic mass is 9.84. The predicted octanol–water partition coefficient (Wildman–Crippen LogP) is 5.66. The van der Waals surface area contributed by atoms with Crippen LogP contribution in [-0.4, -0.2) is 34.3 Å². The summed E-state index contributed by atoms with van der Waals surface area (Å²) < 4.78 is 5.47. The van der Waals surface area contributed by atoms with Gasteiger partial charge in [0.15, 0.2) is 11.5 Å². The zero-order valence-corrected chi connectivity index (χ0v) is 16.7. The number of phenols is 4. The van der Waals surface area contributed by atoms with Crippen LogP contribution >= 0.6 is 15.9 Å². The van der Waals surface area contributed by atoms with E-state index >= 15 is 0 Å². The number of aliphatic imine (C=N–C) groups is 1. The summed E-state index contributed by atoms with van der Waals surface area (Å²) in [4.78, 5) is 3.80. The Hall–Kier alpha value is -3.45. The average molecular weight is 452 g/mol. The fourth-order valence-electron chi connectivity index (χ4n) is 4.31. The van der Waals surface area contributed by atoms with E-state index in [2.05, 4.69) is 27.6 Å². The molecule has 6 aromatic carbocycles. The van der Waals surface area contributed by atoms with Crippen LogP contribution in [0.3, 0.4) is 0 Å². The molecule has 0 aromatic heterocycles. The van der Waals surface area contributed by atoms with Gasteiger partial charge in [0.25, 0.3) is 0 Å². The Labute approximate surface area is 172 Å². The minimum Gasteiger partial charge on any atom is -0.507 e. The second kappa shape index (κ2) is 5.78. The highest BCUT2D eigenvalue weighted by Crippen LogP contribution is 2.59. The molecule has 0 amide bonds. The number of phenolic OH excluding ortho intramolecular Hbond substituents is 4. The van der Waals surface area contributed by atoms with E-state index in [9.17, 15) is 20.4 Å². The fraction of sp³-hybridized carbons (Fsp3) is 0.0455. The summed E-state index contributed by atoms with van der Waals surface area (Å²) in [7, 11) is 1.39. The van der Waals surface area contributed by atoms with Crippen molar-refractivity contribution in [3.05, 3.63) is 34.8 Å². The van der Waals surface area contributed by atoms with Crippen molar-refractivity contribution < 1.29 is 25.2 Å². The van der Waals surface area contributed by atoms with E-state index in [0.29, 0.717) is 32.3 Å². The number of nitrogens with zero attached hydrogens (tertiary/aromatic N) is 1. The second-order valence-electron chi connectivity index (χ2n) is 6.76. The smallest absolute Gasteiger partial charge is 0.179 e. The molecular formula is C22H14BrNO5. The largest absolute Gasteiger partial charge is 0.507 e. The summed E-state index contributed by atoms with van der Waals surface area (Å²) in [6.07, 6.45) is 0. The molecular weight excluding hydrogens is 438 g/mol. The SMILES string of the molecule is C=Nc1cc(O)c2c(c1O)c1c3ccccc3c2c2c(O)c(OC)c(Br)c(O)c21. The van der Waals surface area contributed by atoms with Crippen molar-refractivity contribution in [2.75, 3.05) is 7.11 Å². The summed E-state index contributed by atoms with van der Waals surface area (Å²) in [5.41, 5.74) is 0.122. The molecule has 144 valence electrons. The maximum absolute atomic E-state index is 11.0. The quantitative estimate of drug-likeness (QED) is 0.157. The lowest BCUT2D eigenvalue weighted by Crippen LogP contribution is -1.95. The van der Waals surface area contributed by atoms with Gasteiger partial charge in [-0.05, 0) is 33.4 Å². The number of ether oxygens (including phenoxy) is 1. The summed E-state index contributed by atoms with van der Waals surface area (Å²) in [5, 5.41) is 47.5. The molecule has 29 heavy (non-hydrogen) atoms. The summed E-state index contributed by atoms with van der Waals surface area (Å²) in [6, 6.07) is 8.72. The Bertz CT molecular complexity index is 1510. The van der Waals surface area contributed by atoms with Crippen molar-refractivity contribution in [3.63, 3.8) is 0 Å². The molecule has 0 saturated carbocycles. The van der Waals surface area contributed by atoms with Gasteiger partial charge in [0.05, 0.1) is 7.11 Å². The molecule has 0 radical (unpaired) electrons. The van der Waals surface area contributed by atoms with Crippen molar-refractivity contribution in [2.45, 2.75) is 0 Å². The van der Waals surface area contributed by atoms with Crippen LogP contribution in [0.5, 0.6) is 28.7 Å². The van der Waals surface area contributed by atoms with E-state index in [1.165, 1.54) is 13.2 Å². The first-order valence-corrected chi connectivity index (χ1v) is 9.43. The van der Waals surface area contributed by atoms with Crippen LogP contribution in [0.15, 0.2) is 39.8 Å². The molecule has 0 aliphatic carbocycles. The third kappa shape index (κ3) is 1.97. The molecule has 0 heterocycles. The molecule has 6 rings (SSSR count). The van der Waals surface area contributed by atoms with Crippen LogP contribution in [0.4, 0.5) is 5.69 Å². The zero-order chi connectivity index (χ0) is 20.6. The Morgan fingerprint density at radius 1 is 0.828 bits per heavy atom. The Balaban J connectivity index is 2.30. The van der Waals surface area contributed by atoms with E-state index in [-0.39, 0.29) is 38.9 Å². The highest BCUT2D eigenvalue weighted by molar-refractivity contribution is 9.10. The monoisotopic (exact) mass is 451 g/mol. The minimum atomic E-state index is -0.176. The van der Waals surface area contributed by atoms with Crippen molar-refractivity contribution >= 4 is 71.4 Å². The Morgan fingerprint density at radius 3 is 1.97 bits per heavy atom. The topological polar surface area (TPSA) is 103 Å². The molecule has 4 N–H and O–H groups in total. The number of hydrogen-bond acceptors (Lipinski definition) is 6. The van der Waals surface area contributed by atoms with Crippen LogP contribution in [0.2, 0.25) is 0 Å². The summed E-state index contributed by atoms with van der Waals surface area (Å²) in [6.45, 7) is 3.45. The van der Waals surface area contributed by atoms with Gasteiger partial charge in [0.2, 0.25) is 0 Å². The lowest BCUT2D eigenvalue weighted by molar-refractivity contribution is 0.369. The number of aromatic hydroxyl groups is 4. The zero-order valence-electron chi connectivity index (χ0n) is 15.1. The van der Waals surface area contributed by atoms with Crippen LogP contribution in [0.1, 0.15) is 0 Å². The Morgan fingerprint density at radius 2 is 1.38 bits per heavy atom. The summed E-state index contributed by atoms with van der Waals surface area (Å²) in [5.74, 6) is -0.517. The molecule has 2 bridgehead atoms. The van der Waals surface area contributed by atoms with Crippen molar-refractivity contribution in [1.29, 1.82) is 0 Å². The van der Waals surface area contributed by atoms with Gasteiger partial charge in [-0.3, -0.25) is 4.99 Å². The third-order valence-electron chi connectivity index (χ3n) is 5.45. The number of benzene rings is 6. The first-order valence-electron chi connectivity index (χ1n) is 8.64. The van der Waals surface area contributed by atoms with Crippen LogP contribution in [-0.2, 0) is 0 Å². The van der Waals surface area contributed by atoms with Crippen LogP contribution in [0, 0.1) is 0 Å². The van der Waals surface area contributed by atoms with E-state index in [1.807, 2.05) is 24.3 Å². The molecule has 0 spiro atoms. The normalized spacial score (nSPS) is 11.8. The molecule has 6 nitrogen and oxygen atoms in total. The molecule has 6 aromatic rings. The van der Waals surface area contributed by atoms with Crippen molar-refractivity contribution in [1.82, 2.24) is 0 Å². The standard InChI is InChI=1S/C22H14BrNO5/c1-24-10-7-11(25)14-12-8-5-3-4-6-9(8)13(15(14)19(10)26)16-17(12)21(28)22(29-2)18(23)20(16)27/h3-7,25-28H,1H2,2H3. The molecule has 0 saturated heterocycles. The van der Waals surface area contributed by atoms with E-state index in [1.54, 1.807) is 0 Å². The molecule has 0 atom stereocenters. The van der Waals surface area contributed by atoms with Gasteiger partial charge in [-0.15, -0.1) is 0 Å². The van der Waals surface area contributed by atoms with Gasteiger partial charge in [0, 0.05) is 38.4 Å². The lowest BCUT2D eigenvalue weighted by Gasteiger charge is -2.22. The molecule has 0 unspecified atom stereocenters. The molecule has 0 fully saturated rings. The molecule has 7 heteroatoms. The Kier molecular flexibility index (Phi) is 3.51. The number of hydrogen-bond donors (Lipinski definition) is 4. The van der Waals surface area contributed by atoms with Gasteiger partial charge in [-0.1, -0.05) is 24.3 Å². The van der Waals surface area contributed by atoms with Crippen LogP contribution in [0.25, 0.3) is 43.1 Å². The first kappa shape index (κ1) is 17.6. The van der Waals surface area contributed by atoms with Crippen molar-refractivity contribution in [2.24, 2.45) is 4.99 Å². The maximum atomic E-state index is 11.0. The van der Waals surface area contributed by atoms with Crippen LogP contribution < -0.4 is 4.74 Å². The minimum absolute atomic E-state index is 0.0778. The van der Waals surface area contributed by atoms with Gasteiger partial charge < -0.3 is 25.2 Å². The van der Waals surface area contributed by atoms with Gasteiger partial charge >= 0.3 is 0 Å². The maximum Gasteiger partial charge on any atom is 0.179 e. The highest BCUT2D eigenvalue weighted by Gasteiger charge is 2.29. The first-order chi connectivity index (χ1) is 13.9. The van der Waals surface area contributed by atoms with E-state index in [0.717, 1.165) is 10.8 Å².